The molecule has 0 saturated carbocycles. The number of thiophene rings is 1. The first kappa shape index (κ1) is 14.8. The summed E-state index contributed by atoms with van der Waals surface area (Å²) in [6.07, 6.45) is 0. The fourth-order valence-corrected chi connectivity index (χ4v) is 3.49. The van der Waals surface area contributed by atoms with Crippen LogP contribution in [0.25, 0.3) is 0 Å². The molecule has 0 radical (unpaired) electrons. The van der Waals surface area contributed by atoms with Crippen LogP contribution in [0, 0.1) is 0 Å². The molecule has 1 aliphatic rings. The molecule has 1 aromatic carbocycles. The normalized spacial score (nSPS) is 18.3. The van der Waals surface area contributed by atoms with Crippen molar-refractivity contribution in [1.29, 1.82) is 0 Å². The summed E-state index contributed by atoms with van der Waals surface area (Å²) in [6.45, 7) is 3.29. The number of nitrogens with zero attached hydrogens (tertiary/aromatic N) is 2. The second-order valence-electron chi connectivity index (χ2n) is 5.37. The van der Waals surface area contributed by atoms with Gasteiger partial charge in [0.2, 0.25) is 5.91 Å². The highest BCUT2D eigenvalue weighted by atomic mass is 32.1. The van der Waals surface area contributed by atoms with E-state index in [1.54, 1.807) is 6.92 Å². The van der Waals surface area contributed by atoms with Crippen LogP contribution >= 0.6 is 11.3 Å². The lowest BCUT2D eigenvalue weighted by Crippen LogP contribution is -2.51. The van der Waals surface area contributed by atoms with Crippen molar-refractivity contribution in [2.75, 3.05) is 19.6 Å². The van der Waals surface area contributed by atoms with Gasteiger partial charge in [-0.25, -0.2) is 0 Å². The van der Waals surface area contributed by atoms with E-state index in [-0.39, 0.29) is 17.9 Å². The minimum Gasteiger partial charge on any atom is -0.339 e. The molecule has 1 fully saturated rings. The number of hydrogen-bond acceptors (Lipinski definition) is 3. The first-order valence-corrected chi connectivity index (χ1v) is 8.19. The van der Waals surface area contributed by atoms with Crippen LogP contribution in [0.5, 0.6) is 0 Å². The van der Waals surface area contributed by atoms with Gasteiger partial charge < -0.3 is 9.80 Å². The molecule has 1 aliphatic heterocycles. The average Bonchev–Trinajstić information content (AvgIpc) is 3.09. The van der Waals surface area contributed by atoms with E-state index in [2.05, 4.69) is 0 Å². The van der Waals surface area contributed by atoms with Gasteiger partial charge in [0, 0.05) is 26.6 Å². The topological polar surface area (TPSA) is 40.6 Å². The number of carbonyl (C=O) groups is 2. The van der Waals surface area contributed by atoms with Crippen LogP contribution in [0.4, 0.5) is 0 Å². The molecule has 2 heterocycles. The first-order valence-electron chi connectivity index (χ1n) is 7.32. The molecule has 0 spiro atoms. The van der Waals surface area contributed by atoms with Crippen molar-refractivity contribution in [3.8, 4) is 0 Å². The molecule has 2 aromatic rings. The van der Waals surface area contributed by atoms with Crippen molar-refractivity contribution in [3.63, 3.8) is 0 Å². The highest BCUT2D eigenvalue weighted by molar-refractivity contribution is 7.12. The van der Waals surface area contributed by atoms with E-state index in [1.165, 1.54) is 11.3 Å². The Labute approximate surface area is 134 Å². The summed E-state index contributed by atoms with van der Waals surface area (Å²) in [6, 6.07) is 13.6. The Morgan fingerprint density at radius 2 is 1.86 bits per heavy atom. The van der Waals surface area contributed by atoms with Crippen molar-refractivity contribution in [3.05, 3.63) is 58.3 Å². The highest BCUT2D eigenvalue weighted by Gasteiger charge is 2.33. The van der Waals surface area contributed by atoms with Gasteiger partial charge in [-0.3, -0.25) is 9.59 Å². The fourth-order valence-electron chi connectivity index (χ4n) is 2.81. The molecule has 2 amide bonds. The van der Waals surface area contributed by atoms with Gasteiger partial charge in [-0.15, -0.1) is 11.3 Å². The molecule has 1 saturated heterocycles. The van der Waals surface area contributed by atoms with Gasteiger partial charge in [0.25, 0.3) is 5.91 Å². The van der Waals surface area contributed by atoms with E-state index in [9.17, 15) is 9.59 Å². The third-order valence-electron chi connectivity index (χ3n) is 4.00. The molecule has 0 unspecified atom stereocenters. The molecule has 0 bridgehead atoms. The number of piperazine rings is 1. The summed E-state index contributed by atoms with van der Waals surface area (Å²) in [5.74, 6) is 0.108. The zero-order chi connectivity index (χ0) is 15.5. The van der Waals surface area contributed by atoms with Crippen molar-refractivity contribution in [2.45, 2.75) is 13.0 Å². The first-order chi connectivity index (χ1) is 10.7. The minimum atomic E-state index is -0.0894. The van der Waals surface area contributed by atoms with Gasteiger partial charge in [-0.2, -0.15) is 0 Å². The Kier molecular flexibility index (Phi) is 4.24. The van der Waals surface area contributed by atoms with Crippen molar-refractivity contribution in [2.24, 2.45) is 0 Å². The fraction of sp³-hybridized carbons (Fsp3) is 0.294. The van der Waals surface area contributed by atoms with E-state index in [4.69, 9.17) is 0 Å². The number of benzene rings is 1. The van der Waals surface area contributed by atoms with Crippen LogP contribution in [0.2, 0.25) is 0 Å². The smallest absolute Gasteiger partial charge is 0.264 e. The number of amides is 2. The molecule has 0 N–H and O–H groups in total. The Morgan fingerprint density at radius 3 is 2.50 bits per heavy atom. The molecule has 5 heteroatoms. The predicted octanol–water partition coefficient (Wildman–Crippen LogP) is 2.79. The summed E-state index contributed by atoms with van der Waals surface area (Å²) in [5, 5.41) is 1.91. The SMILES string of the molecule is CC(=O)N1CCN(C(=O)c2cccs2)[C@H](c2ccccc2)C1. The van der Waals surface area contributed by atoms with Crippen LogP contribution in [-0.2, 0) is 4.79 Å². The summed E-state index contributed by atoms with van der Waals surface area (Å²) in [7, 11) is 0. The van der Waals surface area contributed by atoms with E-state index < -0.39 is 0 Å². The second-order valence-corrected chi connectivity index (χ2v) is 6.32. The average molecular weight is 314 g/mol. The molecular weight excluding hydrogens is 296 g/mol. The number of hydrogen-bond donors (Lipinski definition) is 0. The standard InChI is InChI=1S/C17H18N2O2S/c1-13(20)18-9-10-19(17(21)16-8-5-11-22-16)15(12-18)14-6-3-2-4-7-14/h2-8,11,15H,9-10,12H2,1H3/t15-/m0/s1. The van der Waals surface area contributed by atoms with E-state index >= 15 is 0 Å². The van der Waals surface area contributed by atoms with Crippen LogP contribution in [0.1, 0.15) is 28.2 Å². The predicted molar refractivity (Wildman–Crippen MR) is 86.8 cm³/mol. The largest absolute Gasteiger partial charge is 0.339 e. The van der Waals surface area contributed by atoms with E-state index in [0.29, 0.717) is 19.6 Å². The monoisotopic (exact) mass is 314 g/mol. The number of carbonyl (C=O) groups excluding carboxylic acids is 2. The summed E-state index contributed by atoms with van der Waals surface area (Å²) in [4.78, 5) is 28.9. The maximum atomic E-state index is 12.8. The molecule has 22 heavy (non-hydrogen) atoms. The third kappa shape index (κ3) is 2.90. The van der Waals surface area contributed by atoms with Crippen LogP contribution in [0.3, 0.4) is 0 Å². The van der Waals surface area contributed by atoms with Crippen molar-refractivity contribution in [1.82, 2.24) is 9.80 Å². The van der Waals surface area contributed by atoms with E-state index in [0.717, 1.165) is 10.4 Å². The van der Waals surface area contributed by atoms with Gasteiger partial charge in [-0.1, -0.05) is 36.4 Å². The van der Waals surface area contributed by atoms with Crippen LogP contribution < -0.4 is 0 Å². The quantitative estimate of drug-likeness (QED) is 0.855. The van der Waals surface area contributed by atoms with Gasteiger partial charge in [0.1, 0.15) is 0 Å². The van der Waals surface area contributed by atoms with Crippen molar-refractivity contribution < 1.29 is 9.59 Å². The molecule has 3 rings (SSSR count). The maximum Gasteiger partial charge on any atom is 0.264 e. The van der Waals surface area contributed by atoms with Gasteiger partial charge in [-0.05, 0) is 17.0 Å². The Morgan fingerprint density at radius 1 is 1.09 bits per heavy atom. The lowest BCUT2D eigenvalue weighted by atomic mass is 10.0. The summed E-state index contributed by atoms with van der Waals surface area (Å²) >= 11 is 1.46. The second kappa shape index (κ2) is 6.32. The molecule has 1 aromatic heterocycles. The lowest BCUT2D eigenvalue weighted by molar-refractivity contribution is -0.131. The third-order valence-corrected chi connectivity index (χ3v) is 4.86. The molecular formula is C17H18N2O2S. The Balaban J connectivity index is 1.90. The minimum absolute atomic E-state index is 0.0482. The molecule has 114 valence electrons. The molecule has 4 nitrogen and oxygen atoms in total. The number of rotatable bonds is 2. The summed E-state index contributed by atoms with van der Waals surface area (Å²) < 4.78 is 0. The zero-order valence-corrected chi connectivity index (χ0v) is 13.3. The Bertz CT molecular complexity index is 655. The van der Waals surface area contributed by atoms with Crippen molar-refractivity contribution >= 4 is 23.2 Å². The van der Waals surface area contributed by atoms with Crippen LogP contribution in [-0.4, -0.2) is 41.2 Å². The zero-order valence-electron chi connectivity index (χ0n) is 12.4. The van der Waals surface area contributed by atoms with Gasteiger partial charge >= 0.3 is 0 Å². The summed E-state index contributed by atoms with van der Waals surface area (Å²) in [5.41, 5.74) is 1.07. The Hall–Kier alpha value is -2.14. The lowest BCUT2D eigenvalue weighted by Gasteiger charge is -2.41. The van der Waals surface area contributed by atoms with Crippen LogP contribution in [0.15, 0.2) is 47.8 Å². The van der Waals surface area contributed by atoms with Gasteiger partial charge in [0.05, 0.1) is 10.9 Å². The molecule has 1 atom stereocenters. The maximum absolute atomic E-state index is 12.8. The van der Waals surface area contributed by atoms with E-state index in [1.807, 2.05) is 57.6 Å². The molecule has 0 aliphatic carbocycles. The van der Waals surface area contributed by atoms with Gasteiger partial charge in [0.15, 0.2) is 0 Å². The highest BCUT2D eigenvalue weighted by Crippen LogP contribution is 2.28.